The lowest BCUT2D eigenvalue weighted by atomic mass is 9.84. The highest BCUT2D eigenvalue weighted by atomic mass is 32.2. The number of aliphatic carboxylic acids is 1. The minimum absolute atomic E-state index is 0.151. The van der Waals surface area contributed by atoms with Crippen molar-refractivity contribution < 1.29 is 9.90 Å². The second-order valence-corrected chi connectivity index (χ2v) is 4.02. The van der Waals surface area contributed by atoms with Gasteiger partial charge in [-0.05, 0) is 19.1 Å². The van der Waals surface area contributed by atoms with Crippen LogP contribution in [0, 0.1) is 0 Å². The molecule has 62 valence electrons. The highest BCUT2D eigenvalue weighted by Gasteiger charge is 2.33. The van der Waals surface area contributed by atoms with Gasteiger partial charge in [-0.15, -0.1) is 0 Å². The summed E-state index contributed by atoms with van der Waals surface area (Å²) in [5, 5.41) is 8.40. The van der Waals surface area contributed by atoms with Gasteiger partial charge in [0, 0.05) is 10.8 Å². The number of hydrogen-bond donors (Lipinski definition) is 1. The predicted molar refractivity (Wildman–Crippen MR) is 46.9 cm³/mol. The van der Waals surface area contributed by atoms with E-state index in [1.165, 1.54) is 12.5 Å². The van der Waals surface area contributed by atoms with Gasteiger partial charge in [-0.3, -0.25) is 0 Å². The summed E-state index contributed by atoms with van der Waals surface area (Å²) in [7, 11) is 0. The van der Waals surface area contributed by atoms with Gasteiger partial charge in [-0.25, -0.2) is 4.79 Å². The first kappa shape index (κ1) is 8.65. The Labute approximate surface area is 70.7 Å². The molecule has 3 heteroatoms. The number of rotatable bonds is 3. The summed E-state index contributed by atoms with van der Waals surface area (Å²) >= 11 is 1.75. The molecule has 0 atom stereocenters. The van der Waals surface area contributed by atoms with Crippen molar-refractivity contribution >= 4 is 17.7 Å². The maximum absolute atomic E-state index is 10.2. The van der Waals surface area contributed by atoms with Gasteiger partial charge in [0.1, 0.15) is 0 Å². The van der Waals surface area contributed by atoms with Crippen molar-refractivity contribution in [2.75, 3.05) is 6.26 Å². The van der Waals surface area contributed by atoms with Crippen LogP contribution in [0.3, 0.4) is 0 Å². The number of carboxylic acid groups (broad SMARTS) is 1. The summed E-state index contributed by atoms with van der Waals surface area (Å²) in [5.41, 5.74) is 0. The number of carbonyl (C=O) groups is 1. The Hall–Kier alpha value is -0.440. The molecule has 0 amide bonds. The molecule has 0 unspecified atom stereocenters. The van der Waals surface area contributed by atoms with Crippen LogP contribution < -0.4 is 0 Å². The van der Waals surface area contributed by atoms with E-state index in [2.05, 4.69) is 0 Å². The maximum atomic E-state index is 10.2. The fourth-order valence-electron chi connectivity index (χ4n) is 1.19. The highest BCUT2D eigenvalue weighted by Crippen LogP contribution is 2.43. The van der Waals surface area contributed by atoms with Crippen LogP contribution in [-0.2, 0) is 4.79 Å². The maximum Gasteiger partial charge on any atom is 0.328 e. The summed E-state index contributed by atoms with van der Waals surface area (Å²) in [6.45, 7) is 0. The van der Waals surface area contributed by atoms with Crippen LogP contribution in [0.2, 0.25) is 0 Å². The standard InChI is InChI=1S/C8H12O2S/c1-11-8(4-2-5-8)6-3-7(9)10/h3,6H,2,4-5H2,1H3,(H,9,10)/b6-3+. The van der Waals surface area contributed by atoms with Crippen LogP contribution in [-0.4, -0.2) is 22.1 Å². The van der Waals surface area contributed by atoms with E-state index in [1.807, 2.05) is 12.3 Å². The van der Waals surface area contributed by atoms with E-state index in [4.69, 9.17) is 5.11 Å². The molecular formula is C8H12O2S. The van der Waals surface area contributed by atoms with Crippen molar-refractivity contribution in [1.29, 1.82) is 0 Å². The molecule has 0 bridgehead atoms. The van der Waals surface area contributed by atoms with Crippen LogP contribution >= 0.6 is 11.8 Å². The van der Waals surface area contributed by atoms with Crippen molar-refractivity contribution in [1.82, 2.24) is 0 Å². The molecule has 0 heterocycles. The lowest BCUT2D eigenvalue weighted by Crippen LogP contribution is -2.30. The topological polar surface area (TPSA) is 37.3 Å². The molecule has 0 saturated heterocycles. The molecule has 0 spiro atoms. The van der Waals surface area contributed by atoms with Gasteiger partial charge in [0.25, 0.3) is 0 Å². The normalized spacial score (nSPS) is 21.5. The third-order valence-electron chi connectivity index (χ3n) is 2.14. The number of hydrogen-bond acceptors (Lipinski definition) is 2. The van der Waals surface area contributed by atoms with E-state index in [0.29, 0.717) is 0 Å². The van der Waals surface area contributed by atoms with Gasteiger partial charge >= 0.3 is 5.97 Å². The van der Waals surface area contributed by atoms with Crippen LogP contribution in [0.4, 0.5) is 0 Å². The summed E-state index contributed by atoms with van der Waals surface area (Å²) < 4.78 is 0.151. The largest absolute Gasteiger partial charge is 0.478 e. The first-order valence-corrected chi connectivity index (χ1v) is 4.88. The Morgan fingerprint density at radius 1 is 1.64 bits per heavy atom. The first-order valence-electron chi connectivity index (χ1n) is 3.66. The van der Waals surface area contributed by atoms with Crippen molar-refractivity contribution in [3.63, 3.8) is 0 Å². The molecular weight excluding hydrogens is 160 g/mol. The van der Waals surface area contributed by atoms with Crippen LogP contribution in [0.5, 0.6) is 0 Å². The van der Waals surface area contributed by atoms with Crippen molar-refractivity contribution in [3.05, 3.63) is 12.2 Å². The van der Waals surface area contributed by atoms with E-state index in [9.17, 15) is 4.79 Å². The van der Waals surface area contributed by atoms with Gasteiger partial charge in [0.15, 0.2) is 0 Å². The highest BCUT2D eigenvalue weighted by molar-refractivity contribution is 8.00. The molecule has 0 aromatic carbocycles. The minimum Gasteiger partial charge on any atom is -0.478 e. The van der Waals surface area contributed by atoms with E-state index < -0.39 is 5.97 Å². The molecule has 1 N–H and O–H groups in total. The lowest BCUT2D eigenvalue weighted by Gasteiger charge is -2.37. The molecule has 11 heavy (non-hydrogen) atoms. The average Bonchev–Trinajstić information content (AvgIpc) is 1.86. The molecule has 0 aliphatic heterocycles. The zero-order chi connectivity index (χ0) is 8.32. The molecule has 0 aromatic rings. The minimum atomic E-state index is -0.842. The van der Waals surface area contributed by atoms with Gasteiger partial charge in [-0.2, -0.15) is 11.8 Å². The summed E-state index contributed by atoms with van der Waals surface area (Å²) in [6, 6.07) is 0. The van der Waals surface area contributed by atoms with Crippen molar-refractivity contribution in [3.8, 4) is 0 Å². The molecule has 1 fully saturated rings. The Morgan fingerprint density at radius 2 is 2.27 bits per heavy atom. The quantitative estimate of drug-likeness (QED) is 0.661. The number of carboxylic acids is 1. The van der Waals surface area contributed by atoms with Crippen LogP contribution in [0.1, 0.15) is 19.3 Å². The van der Waals surface area contributed by atoms with Gasteiger partial charge in [0.2, 0.25) is 0 Å². The zero-order valence-electron chi connectivity index (χ0n) is 6.54. The summed E-state index contributed by atoms with van der Waals surface area (Å²) in [5.74, 6) is -0.842. The Morgan fingerprint density at radius 3 is 2.55 bits per heavy atom. The van der Waals surface area contributed by atoms with Gasteiger partial charge < -0.3 is 5.11 Å². The van der Waals surface area contributed by atoms with E-state index >= 15 is 0 Å². The molecule has 1 rings (SSSR count). The third kappa shape index (κ3) is 1.99. The van der Waals surface area contributed by atoms with E-state index in [1.54, 1.807) is 11.8 Å². The van der Waals surface area contributed by atoms with Crippen LogP contribution in [0.25, 0.3) is 0 Å². The van der Waals surface area contributed by atoms with Gasteiger partial charge in [0.05, 0.1) is 0 Å². The first-order chi connectivity index (χ1) is 5.18. The molecule has 0 radical (unpaired) electrons. The van der Waals surface area contributed by atoms with E-state index in [-0.39, 0.29) is 4.75 Å². The molecule has 0 aromatic heterocycles. The molecule has 1 aliphatic rings. The predicted octanol–water partition coefficient (Wildman–Crippen LogP) is 1.91. The summed E-state index contributed by atoms with van der Waals surface area (Å²) in [6.07, 6.45) is 8.59. The van der Waals surface area contributed by atoms with Crippen LogP contribution in [0.15, 0.2) is 12.2 Å². The second-order valence-electron chi connectivity index (χ2n) is 2.79. The van der Waals surface area contributed by atoms with Crippen molar-refractivity contribution in [2.45, 2.75) is 24.0 Å². The van der Waals surface area contributed by atoms with Gasteiger partial charge in [-0.1, -0.05) is 12.5 Å². The molecule has 1 saturated carbocycles. The molecule has 1 aliphatic carbocycles. The monoisotopic (exact) mass is 172 g/mol. The number of thioether (sulfide) groups is 1. The fraction of sp³-hybridized carbons (Fsp3) is 0.625. The molecule has 2 nitrogen and oxygen atoms in total. The summed E-state index contributed by atoms with van der Waals surface area (Å²) in [4.78, 5) is 10.2. The smallest absolute Gasteiger partial charge is 0.328 e. The van der Waals surface area contributed by atoms with E-state index in [0.717, 1.165) is 12.8 Å². The fourth-order valence-corrected chi connectivity index (χ4v) is 2.09. The second kappa shape index (κ2) is 3.30. The Balaban J connectivity index is 2.50. The van der Waals surface area contributed by atoms with Crippen molar-refractivity contribution in [2.24, 2.45) is 0 Å². The SMILES string of the molecule is CSC1(/C=C/C(=O)O)CCC1. The third-order valence-corrected chi connectivity index (χ3v) is 3.49. The Bertz CT molecular complexity index is 177. The Kier molecular flexibility index (Phi) is 2.60. The zero-order valence-corrected chi connectivity index (χ0v) is 7.36. The lowest BCUT2D eigenvalue weighted by molar-refractivity contribution is -0.131. The average molecular weight is 172 g/mol.